The summed E-state index contributed by atoms with van der Waals surface area (Å²) in [4.78, 5) is 30.9. The Balaban J connectivity index is 0.000000394. The number of benzene rings is 1. The summed E-state index contributed by atoms with van der Waals surface area (Å²) >= 11 is 0. The molecule has 0 amide bonds. The predicted molar refractivity (Wildman–Crippen MR) is 78.8 cm³/mol. The van der Waals surface area contributed by atoms with Crippen LogP contribution < -0.4 is 0 Å². The molecule has 21 heavy (non-hydrogen) atoms. The summed E-state index contributed by atoms with van der Waals surface area (Å²) in [5.74, 6) is -1.23. The molecule has 0 atom stereocenters. The zero-order chi connectivity index (χ0) is 16.1. The van der Waals surface area contributed by atoms with Gasteiger partial charge in [-0.15, -0.1) is 0 Å². The monoisotopic (exact) mass is 294 g/mol. The van der Waals surface area contributed by atoms with Crippen LogP contribution in [0.25, 0.3) is 0 Å². The molecule has 116 valence electrons. The van der Waals surface area contributed by atoms with Crippen LogP contribution >= 0.6 is 0 Å². The third kappa shape index (κ3) is 7.37. The Morgan fingerprint density at radius 3 is 2.14 bits per heavy atom. The van der Waals surface area contributed by atoms with Gasteiger partial charge in [-0.2, -0.15) is 0 Å². The number of hydrogen-bond acceptors (Lipinski definition) is 5. The molecule has 0 radical (unpaired) electrons. The fourth-order valence-corrected chi connectivity index (χ4v) is 1.37. The van der Waals surface area contributed by atoms with Gasteiger partial charge in [-0.3, -0.25) is 9.59 Å². The smallest absolute Gasteiger partial charge is 0.353 e. The number of aldehydes is 2. The van der Waals surface area contributed by atoms with Crippen molar-refractivity contribution in [3.8, 4) is 0 Å². The van der Waals surface area contributed by atoms with Crippen molar-refractivity contribution in [2.24, 2.45) is 0 Å². The highest BCUT2D eigenvalue weighted by molar-refractivity contribution is 6.11. The lowest BCUT2D eigenvalue weighted by Gasteiger charge is -2.11. The number of rotatable bonds is 7. The quantitative estimate of drug-likeness (QED) is 0.470. The van der Waals surface area contributed by atoms with E-state index in [1.54, 1.807) is 6.92 Å². The average Bonchev–Trinajstić information content (AvgIpc) is 2.53. The summed E-state index contributed by atoms with van der Waals surface area (Å²) in [5.41, 5.74) is -1.19. The fraction of sp³-hybridized carbons (Fsp3) is 0.438. The lowest BCUT2D eigenvalue weighted by atomic mass is 10.1. The minimum Gasteiger partial charge on any atom is -0.463 e. The average molecular weight is 294 g/mol. The molecule has 0 spiro atoms. The van der Waals surface area contributed by atoms with Gasteiger partial charge in [0.15, 0.2) is 12.6 Å². The molecule has 0 aromatic heterocycles. The van der Waals surface area contributed by atoms with Crippen LogP contribution in [0.15, 0.2) is 30.3 Å². The van der Waals surface area contributed by atoms with Crippen molar-refractivity contribution >= 4 is 18.5 Å². The maximum Gasteiger partial charge on any atom is 0.353 e. The molecule has 0 aliphatic heterocycles. The van der Waals surface area contributed by atoms with Gasteiger partial charge in [0.05, 0.1) is 6.61 Å². The van der Waals surface area contributed by atoms with E-state index in [-0.39, 0.29) is 19.2 Å². The lowest BCUT2D eigenvalue weighted by Crippen LogP contribution is -2.43. The SMILES string of the molecule is CCCOC(=O)C(O)(C=O)C=O.CCCc1ccccc1. The zero-order valence-corrected chi connectivity index (χ0v) is 12.5. The van der Waals surface area contributed by atoms with E-state index in [4.69, 9.17) is 5.11 Å². The minimum absolute atomic E-state index is 0.0722. The molecular formula is C16H22O5. The Morgan fingerprint density at radius 2 is 1.71 bits per heavy atom. The molecule has 1 rings (SSSR count). The third-order valence-electron chi connectivity index (χ3n) is 2.51. The normalized spacial score (nSPS) is 10.0. The van der Waals surface area contributed by atoms with Crippen LogP contribution in [0.4, 0.5) is 0 Å². The summed E-state index contributed by atoms with van der Waals surface area (Å²) in [6, 6.07) is 10.6. The maximum absolute atomic E-state index is 10.8. The molecule has 1 aromatic carbocycles. The predicted octanol–water partition coefficient (Wildman–Crippen LogP) is 1.71. The van der Waals surface area contributed by atoms with Crippen molar-refractivity contribution in [1.82, 2.24) is 0 Å². The van der Waals surface area contributed by atoms with Crippen molar-refractivity contribution in [2.45, 2.75) is 38.7 Å². The minimum atomic E-state index is -2.63. The molecule has 1 N–H and O–H groups in total. The van der Waals surface area contributed by atoms with Crippen LogP contribution in [0.5, 0.6) is 0 Å². The number of carbonyl (C=O) groups is 3. The van der Waals surface area contributed by atoms with Crippen LogP contribution in [0.2, 0.25) is 0 Å². The molecule has 0 unspecified atom stereocenters. The van der Waals surface area contributed by atoms with Crippen molar-refractivity contribution in [1.29, 1.82) is 0 Å². The standard InChI is InChI=1S/C9H12.C7H10O5/c1-2-6-9-7-4-3-5-8-9;1-2-3-12-6(10)7(11,4-8)5-9/h3-5,7-8H,2,6H2,1H3;4-5,11H,2-3H2,1H3. The molecular weight excluding hydrogens is 272 g/mol. The first-order valence-electron chi connectivity index (χ1n) is 6.90. The fourth-order valence-electron chi connectivity index (χ4n) is 1.37. The highest BCUT2D eigenvalue weighted by Crippen LogP contribution is 2.01. The van der Waals surface area contributed by atoms with Crippen LogP contribution in [-0.2, 0) is 25.5 Å². The highest BCUT2D eigenvalue weighted by Gasteiger charge is 2.37. The van der Waals surface area contributed by atoms with Crippen LogP contribution in [0, 0.1) is 0 Å². The summed E-state index contributed by atoms with van der Waals surface area (Å²) in [5, 5.41) is 8.91. The Kier molecular flexibility index (Phi) is 9.71. The van der Waals surface area contributed by atoms with Crippen molar-refractivity contribution in [3.05, 3.63) is 35.9 Å². The maximum atomic E-state index is 10.8. The van der Waals surface area contributed by atoms with E-state index in [9.17, 15) is 14.4 Å². The second-order valence-corrected chi connectivity index (χ2v) is 4.43. The van der Waals surface area contributed by atoms with Gasteiger partial charge in [-0.25, -0.2) is 4.79 Å². The molecule has 0 saturated heterocycles. The molecule has 0 aliphatic rings. The Labute approximate surface area is 124 Å². The molecule has 0 saturated carbocycles. The number of aliphatic hydroxyl groups is 1. The number of carbonyl (C=O) groups excluding carboxylic acids is 3. The van der Waals surface area contributed by atoms with Gasteiger partial charge in [-0.1, -0.05) is 50.6 Å². The topological polar surface area (TPSA) is 80.7 Å². The van der Waals surface area contributed by atoms with Crippen LogP contribution in [0.1, 0.15) is 32.3 Å². The van der Waals surface area contributed by atoms with E-state index in [1.807, 2.05) is 0 Å². The van der Waals surface area contributed by atoms with Gasteiger partial charge >= 0.3 is 5.97 Å². The van der Waals surface area contributed by atoms with Crippen LogP contribution in [0.3, 0.4) is 0 Å². The van der Waals surface area contributed by atoms with Gasteiger partial charge in [0.25, 0.3) is 5.60 Å². The second-order valence-electron chi connectivity index (χ2n) is 4.43. The summed E-state index contributed by atoms with van der Waals surface area (Å²) < 4.78 is 4.39. The Morgan fingerprint density at radius 1 is 1.14 bits per heavy atom. The summed E-state index contributed by atoms with van der Waals surface area (Å²) in [7, 11) is 0. The number of hydrogen-bond donors (Lipinski definition) is 1. The first kappa shape index (κ1) is 19.0. The molecule has 0 bridgehead atoms. The van der Waals surface area contributed by atoms with E-state index >= 15 is 0 Å². The molecule has 5 heteroatoms. The highest BCUT2D eigenvalue weighted by atomic mass is 16.6. The molecule has 1 aromatic rings. The van der Waals surface area contributed by atoms with E-state index in [0.717, 1.165) is 0 Å². The van der Waals surface area contributed by atoms with Crippen molar-refractivity contribution in [3.63, 3.8) is 0 Å². The third-order valence-corrected chi connectivity index (χ3v) is 2.51. The van der Waals surface area contributed by atoms with Crippen molar-refractivity contribution < 1.29 is 24.2 Å². The summed E-state index contributed by atoms with van der Waals surface area (Å²) in [6.07, 6.45) is 2.69. The molecule has 0 aliphatic carbocycles. The van der Waals surface area contributed by atoms with E-state index < -0.39 is 11.6 Å². The number of aryl methyl sites for hydroxylation is 1. The Bertz CT molecular complexity index is 420. The molecule has 0 fully saturated rings. The lowest BCUT2D eigenvalue weighted by molar-refractivity contribution is -0.167. The van der Waals surface area contributed by atoms with Gasteiger partial charge in [0, 0.05) is 0 Å². The van der Waals surface area contributed by atoms with Crippen molar-refractivity contribution in [2.75, 3.05) is 6.61 Å². The Hall–Kier alpha value is -2.01. The molecule has 0 heterocycles. The second kappa shape index (κ2) is 10.7. The summed E-state index contributed by atoms with van der Waals surface area (Å²) in [6.45, 7) is 4.02. The first-order valence-corrected chi connectivity index (χ1v) is 6.90. The molecule has 5 nitrogen and oxygen atoms in total. The van der Waals surface area contributed by atoms with E-state index in [0.29, 0.717) is 6.42 Å². The van der Waals surface area contributed by atoms with Gasteiger partial charge in [0.2, 0.25) is 0 Å². The van der Waals surface area contributed by atoms with Gasteiger partial charge in [0.1, 0.15) is 0 Å². The van der Waals surface area contributed by atoms with Gasteiger partial charge in [-0.05, 0) is 18.4 Å². The number of ether oxygens (including phenoxy) is 1. The van der Waals surface area contributed by atoms with Crippen LogP contribution in [-0.4, -0.2) is 35.9 Å². The van der Waals surface area contributed by atoms with E-state index in [2.05, 4.69) is 42.0 Å². The largest absolute Gasteiger partial charge is 0.463 e. The van der Waals surface area contributed by atoms with E-state index in [1.165, 1.54) is 18.4 Å². The first-order chi connectivity index (χ1) is 10.0. The number of esters is 1. The van der Waals surface area contributed by atoms with Gasteiger partial charge < -0.3 is 9.84 Å². The zero-order valence-electron chi connectivity index (χ0n) is 12.5.